The fourth-order valence-electron chi connectivity index (χ4n) is 2.48. The molecule has 0 saturated carbocycles. The number of piperidine rings is 1. The lowest BCUT2D eigenvalue weighted by Crippen LogP contribution is -2.48. The topological polar surface area (TPSA) is 29.5 Å². The molecule has 1 heterocycles. The molecule has 94 valence electrons. The molecule has 0 radical (unpaired) electrons. The maximum atomic E-state index is 11.4. The predicted octanol–water partition coefficient (Wildman–Crippen LogP) is 2.29. The van der Waals surface area contributed by atoms with E-state index in [1.165, 1.54) is 13.5 Å². The van der Waals surface area contributed by atoms with E-state index < -0.39 is 0 Å². The Balaban J connectivity index is 2.54. The van der Waals surface area contributed by atoms with Gasteiger partial charge in [-0.1, -0.05) is 29.8 Å². The van der Waals surface area contributed by atoms with Gasteiger partial charge in [-0.2, -0.15) is 0 Å². The van der Waals surface area contributed by atoms with Gasteiger partial charge in [-0.3, -0.25) is 9.69 Å². The Morgan fingerprint density at radius 3 is 2.69 bits per heavy atom. The van der Waals surface area contributed by atoms with Crippen LogP contribution in [0.15, 0.2) is 0 Å². The minimum atomic E-state index is -0.211. The Hall–Kier alpha value is -0.0900. The average Bonchev–Trinajstić information content (AvgIpc) is 2.23. The summed E-state index contributed by atoms with van der Waals surface area (Å²) in [6, 6.07) is 0.543. The van der Waals surface area contributed by atoms with Crippen LogP contribution in [0.1, 0.15) is 27.2 Å². The number of ether oxygens (including phenoxy) is 1. The third kappa shape index (κ3) is 3.45. The number of methoxy groups -OCH3 is 1. The van der Waals surface area contributed by atoms with E-state index in [1.54, 1.807) is 0 Å². The number of esters is 1. The highest BCUT2D eigenvalue weighted by Gasteiger charge is 2.31. The van der Waals surface area contributed by atoms with Crippen molar-refractivity contribution >= 4 is 21.9 Å². The largest absolute Gasteiger partial charge is 0.468 e. The van der Waals surface area contributed by atoms with Gasteiger partial charge < -0.3 is 4.74 Å². The summed E-state index contributed by atoms with van der Waals surface area (Å²) in [6.07, 6.45) is 1.28. The van der Waals surface area contributed by atoms with E-state index >= 15 is 0 Å². The first-order chi connectivity index (χ1) is 7.45. The van der Waals surface area contributed by atoms with Gasteiger partial charge in [0.1, 0.15) is 4.83 Å². The number of halogens is 1. The number of likely N-dealkylation sites (tertiary alicyclic amines) is 1. The molecule has 4 unspecified atom stereocenters. The van der Waals surface area contributed by atoms with Crippen LogP contribution in [-0.2, 0) is 9.53 Å². The standard InChI is InChI=1S/C12H22BrNO2/c1-8-5-9(2)10(3)14(6-8)7-11(13)12(15)16-4/h8-11H,5-7H2,1-4H3. The maximum Gasteiger partial charge on any atom is 0.320 e. The molecule has 0 aromatic carbocycles. The molecule has 4 atom stereocenters. The summed E-state index contributed by atoms with van der Waals surface area (Å²) in [5.74, 6) is 1.22. The van der Waals surface area contributed by atoms with Crippen molar-refractivity contribution in [3.8, 4) is 0 Å². The molecule has 0 spiro atoms. The van der Waals surface area contributed by atoms with Crippen molar-refractivity contribution in [2.45, 2.75) is 38.1 Å². The van der Waals surface area contributed by atoms with E-state index in [-0.39, 0.29) is 10.8 Å². The van der Waals surface area contributed by atoms with Crippen LogP contribution in [0.4, 0.5) is 0 Å². The van der Waals surface area contributed by atoms with Crippen molar-refractivity contribution < 1.29 is 9.53 Å². The van der Waals surface area contributed by atoms with E-state index in [9.17, 15) is 4.79 Å². The molecular formula is C12H22BrNO2. The van der Waals surface area contributed by atoms with E-state index in [0.717, 1.165) is 13.1 Å². The van der Waals surface area contributed by atoms with Crippen molar-refractivity contribution in [1.29, 1.82) is 0 Å². The normalized spacial score (nSPS) is 33.4. The second-order valence-corrected chi connectivity index (χ2v) is 6.11. The summed E-state index contributed by atoms with van der Waals surface area (Å²) in [7, 11) is 1.43. The van der Waals surface area contributed by atoms with E-state index in [2.05, 4.69) is 41.6 Å². The smallest absolute Gasteiger partial charge is 0.320 e. The number of carbonyl (C=O) groups is 1. The third-order valence-corrected chi connectivity index (χ3v) is 4.23. The maximum absolute atomic E-state index is 11.4. The molecule has 1 aliphatic rings. The van der Waals surface area contributed by atoms with E-state index in [0.29, 0.717) is 17.9 Å². The SMILES string of the molecule is COC(=O)C(Br)CN1CC(C)CC(C)C1C. The highest BCUT2D eigenvalue weighted by atomic mass is 79.9. The van der Waals surface area contributed by atoms with E-state index in [4.69, 9.17) is 4.74 Å². The molecule has 0 N–H and O–H groups in total. The zero-order chi connectivity index (χ0) is 12.3. The zero-order valence-corrected chi connectivity index (χ0v) is 12.2. The quantitative estimate of drug-likeness (QED) is 0.590. The minimum absolute atomic E-state index is 0.182. The Kier molecular flexibility index (Phi) is 5.25. The highest BCUT2D eigenvalue weighted by molar-refractivity contribution is 9.10. The molecule has 16 heavy (non-hydrogen) atoms. The van der Waals surface area contributed by atoms with Crippen LogP contribution in [0, 0.1) is 11.8 Å². The number of rotatable bonds is 3. The molecular weight excluding hydrogens is 270 g/mol. The molecule has 1 aliphatic heterocycles. The minimum Gasteiger partial charge on any atom is -0.468 e. The Morgan fingerprint density at radius 2 is 2.12 bits per heavy atom. The lowest BCUT2D eigenvalue weighted by molar-refractivity contribution is -0.140. The summed E-state index contributed by atoms with van der Waals surface area (Å²) in [4.78, 5) is 13.5. The first-order valence-electron chi connectivity index (χ1n) is 5.91. The van der Waals surface area contributed by atoms with Gasteiger partial charge in [0.2, 0.25) is 0 Å². The van der Waals surface area contributed by atoms with Gasteiger partial charge >= 0.3 is 5.97 Å². The van der Waals surface area contributed by atoms with Crippen LogP contribution in [0.2, 0.25) is 0 Å². The summed E-state index contributed by atoms with van der Waals surface area (Å²) in [6.45, 7) is 8.62. The zero-order valence-electron chi connectivity index (χ0n) is 10.6. The van der Waals surface area contributed by atoms with Crippen LogP contribution in [-0.4, -0.2) is 41.9 Å². The number of alkyl halides is 1. The second kappa shape index (κ2) is 6.01. The fraction of sp³-hybridized carbons (Fsp3) is 0.917. The summed E-state index contributed by atoms with van der Waals surface area (Å²) >= 11 is 3.39. The molecule has 0 bridgehead atoms. The molecule has 0 aliphatic carbocycles. The first-order valence-corrected chi connectivity index (χ1v) is 6.83. The summed E-state index contributed by atoms with van der Waals surface area (Å²) < 4.78 is 4.73. The Labute approximate surface area is 107 Å². The van der Waals surface area contributed by atoms with Crippen molar-refractivity contribution in [1.82, 2.24) is 4.90 Å². The molecule has 4 heteroatoms. The predicted molar refractivity (Wildman–Crippen MR) is 68.7 cm³/mol. The lowest BCUT2D eigenvalue weighted by atomic mass is 9.86. The number of nitrogens with zero attached hydrogens (tertiary/aromatic N) is 1. The molecule has 0 aromatic rings. The lowest BCUT2D eigenvalue weighted by Gasteiger charge is -2.41. The van der Waals surface area contributed by atoms with Crippen LogP contribution in [0.5, 0.6) is 0 Å². The number of hydrogen-bond acceptors (Lipinski definition) is 3. The number of hydrogen-bond donors (Lipinski definition) is 0. The summed E-state index contributed by atoms with van der Waals surface area (Å²) in [5, 5.41) is 0. The van der Waals surface area contributed by atoms with Gasteiger partial charge in [0, 0.05) is 19.1 Å². The average molecular weight is 292 g/mol. The third-order valence-electron chi connectivity index (χ3n) is 3.57. The highest BCUT2D eigenvalue weighted by Crippen LogP contribution is 2.27. The molecule has 0 amide bonds. The molecule has 1 rings (SSSR count). The second-order valence-electron chi connectivity index (χ2n) is 5.00. The molecule has 1 saturated heterocycles. The summed E-state index contributed by atoms with van der Waals surface area (Å²) in [5.41, 5.74) is 0. The van der Waals surface area contributed by atoms with Crippen LogP contribution >= 0.6 is 15.9 Å². The molecule has 3 nitrogen and oxygen atoms in total. The van der Waals surface area contributed by atoms with Crippen LogP contribution in [0.3, 0.4) is 0 Å². The first kappa shape index (κ1) is 14.0. The fourth-order valence-corrected chi connectivity index (χ4v) is 3.04. The van der Waals surface area contributed by atoms with Crippen LogP contribution < -0.4 is 0 Å². The van der Waals surface area contributed by atoms with Crippen molar-refractivity contribution in [3.05, 3.63) is 0 Å². The van der Waals surface area contributed by atoms with E-state index in [1.807, 2.05) is 0 Å². The Bertz CT molecular complexity index is 247. The monoisotopic (exact) mass is 291 g/mol. The van der Waals surface area contributed by atoms with Crippen molar-refractivity contribution in [2.75, 3.05) is 20.2 Å². The Morgan fingerprint density at radius 1 is 1.50 bits per heavy atom. The van der Waals surface area contributed by atoms with Gasteiger partial charge in [-0.05, 0) is 25.2 Å². The van der Waals surface area contributed by atoms with Gasteiger partial charge in [0.15, 0.2) is 0 Å². The van der Waals surface area contributed by atoms with Gasteiger partial charge in [-0.25, -0.2) is 0 Å². The van der Waals surface area contributed by atoms with Crippen molar-refractivity contribution in [3.63, 3.8) is 0 Å². The molecule has 1 fully saturated rings. The van der Waals surface area contributed by atoms with Gasteiger partial charge in [0.05, 0.1) is 7.11 Å². The van der Waals surface area contributed by atoms with Crippen LogP contribution in [0.25, 0.3) is 0 Å². The molecule has 0 aromatic heterocycles. The van der Waals surface area contributed by atoms with Gasteiger partial charge in [0.25, 0.3) is 0 Å². The van der Waals surface area contributed by atoms with Crippen molar-refractivity contribution in [2.24, 2.45) is 11.8 Å². The number of carbonyl (C=O) groups excluding carboxylic acids is 1. The van der Waals surface area contributed by atoms with Gasteiger partial charge in [-0.15, -0.1) is 0 Å².